The number of hydrogen-bond donors (Lipinski definition) is 0. The van der Waals surface area contributed by atoms with Crippen LogP contribution in [-0.2, 0) is 11.9 Å². The molecule has 0 atom stereocenters. The minimum Gasteiger partial charge on any atom is -0.363 e. The van der Waals surface area contributed by atoms with E-state index in [-0.39, 0.29) is 10.6 Å². The smallest absolute Gasteiger partial charge is 0.292 e. The van der Waals surface area contributed by atoms with Crippen LogP contribution in [0.25, 0.3) is 0 Å². The Balaban J connectivity index is 2.28. The lowest BCUT2D eigenvalue weighted by Gasteiger charge is -2.18. The molecule has 0 aliphatic heterocycles. The number of aromatic nitrogens is 1. The largest absolute Gasteiger partial charge is 0.363 e. The first-order chi connectivity index (χ1) is 9.51. The van der Waals surface area contributed by atoms with Crippen molar-refractivity contribution in [1.82, 2.24) is 4.98 Å². The van der Waals surface area contributed by atoms with Gasteiger partial charge >= 0.3 is 0 Å². The summed E-state index contributed by atoms with van der Waals surface area (Å²) < 4.78 is 0. The van der Waals surface area contributed by atoms with Crippen molar-refractivity contribution in [2.75, 3.05) is 11.9 Å². The molecule has 1 aromatic carbocycles. The molecular weight excluding hydrogens is 342 g/mol. The van der Waals surface area contributed by atoms with Crippen LogP contribution in [0.3, 0.4) is 0 Å². The Morgan fingerprint density at radius 2 is 2.25 bits per heavy atom. The van der Waals surface area contributed by atoms with Gasteiger partial charge in [0.05, 0.1) is 22.2 Å². The van der Waals surface area contributed by atoms with Gasteiger partial charge in [-0.15, -0.1) is 11.3 Å². The van der Waals surface area contributed by atoms with Crippen LogP contribution in [0.4, 0.5) is 11.4 Å². The molecule has 7 heteroatoms. The molecule has 106 valence electrons. The summed E-state index contributed by atoms with van der Waals surface area (Å²) >= 11 is 4.89. The molecule has 20 heavy (non-hydrogen) atoms. The number of halogens is 1. The molecule has 0 unspecified atom stereocenters. The summed E-state index contributed by atoms with van der Waals surface area (Å²) in [6.07, 6.45) is 0. The average molecular weight is 356 g/mol. The number of rotatable bonds is 5. The van der Waals surface area contributed by atoms with Crippen molar-refractivity contribution in [3.8, 4) is 0 Å². The second-order valence-electron chi connectivity index (χ2n) is 4.43. The van der Waals surface area contributed by atoms with E-state index in [9.17, 15) is 10.1 Å². The number of nitro groups is 1. The molecule has 0 fully saturated rings. The first-order valence-corrected chi connectivity index (χ1v) is 7.97. The monoisotopic (exact) mass is 355 g/mol. The number of hydrogen-bond acceptors (Lipinski definition) is 5. The number of alkyl halides is 1. The van der Waals surface area contributed by atoms with Crippen LogP contribution in [0.15, 0.2) is 23.6 Å². The Morgan fingerprint density at radius 1 is 1.50 bits per heavy atom. The van der Waals surface area contributed by atoms with Crippen LogP contribution < -0.4 is 4.90 Å². The van der Waals surface area contributed by atoms with Gasteiger partial charge in [-0.2, -0.15) is 0 Å². The molecule has 0 aliphatic carbocycles. The summed E-state index contributed by atoms with van der Waals surface area (Å²) in [5, 5.41) is 14.8. The van der Waals surface area contributed by atoms with Crippen LogP contribution in [0.5, 0.6) is 0 Å². The second-order valence-corrected chi connectivity index (χ2v) is 6.05. The fraction of sp³-hybridized carbons (Fsp3) is 0.308. The van der Waals surface area contributed by atoms with E-state index in [0.29, 0.717) is 17.6 Å². The Bertz CT molecular complexity index is 630. The highest BCUT2D eigenvalue weighted by molar-refractivity contribution is 9.08. The van der Waals surface area contributed by atoms with Crippen molar-refractivity contribution in [3.63, 3.8) is 0 Å². The van der Waals surface area contributed by atoms with Crippen LogP contribution in [-0.4, -0.2) is 17.0 Å². The van der Waals surface area contributed by atoms with Gasteiger partial charge in [0, 0.05) is 23.8 Å². The van der Waals surface area contributed by atoms with Gasteiger partial charge in [0.2, 0.25) is 0 Å². The molecule has 0 aliphatic rings. The molecule has 5 nitrogen and oxygen atoms in total. The molecule has 1 aromatic heterocycles. The van der Waals surface area contributed by atoms with E-state index in [1.54, 1.807) is 23.5 Å². The van der Waals surface area contributed by atoms with E-state index >= 15 is 0 Å². The van der Waals surface area contributed by atoms with Gasteiger partial charge in [-0.3, -0.25) is 10.1 Å². The lowest BCUT2D eigenvalue weighted by atomic mass is 10.2. The third kappa shape index (κ3) is 3.34. The van der Waals surface area contributed by atoms with Gasteiger partial charge < -0.3 is 4.90 Å². The average Bonchev–Trinajstić information content (AvgIpc) is 2.83. The van der Waals surface area contributed by atoms with E-state index in [0.717, 1.165) is 16.3 Å². The predicted molar refractivity (Wildman–Crippen MR) is 84.7 cm³/mol. The SMILES string of the molecule is Cc1nc(CN(C)c2ccc(CBr)cc2[N+](=O)[O-])cs1. The van der Waals surface area contributed by atoms with Crippen molar-refractivity contribution in [1.29, 1.82) is 0 Å². The summed E-state index contributed by atoms with van der Waals surface area (Å²) in [5.41, 5.74) is 2.54. The summed E-state index contributed by atoms with van der Waals surface area (Å²) in [5.74, 6) is 0. The third-order valence-electron chi connectivity index (χ3n) is 2.87. The minimum absolute atomic E-state index is 0.122. The van der Waals surface area contributed by atoms with E-state index in [1.807, 2.05) is 30.3 Å². The lowest BCUT2D eigenvalue weighted by molar-refractivity contribution is -0.384. The highest BCUT2D eigenvalue weighted by Crippen LogP contribution is 2.30. The van der Waals surface area contributed by atoms with Crippen LogP contribution in [0, 0.1) is 17.0 Å². The molecular formula is C13H14BrN3O2S. The number of anilines is 1. The Hall–Kier alpha value is -1.47. The molecule has 1 heterocycles. The number of nitro benzene ring substituents is 1. The standard InChI is InChI=1S/C13H14BrN3O2S/c1-9-15-11(8-20-9)7-16(2)12-4-3-10(6-14)5-13(12)17(18)19/h3-5,8H,6-7H2,1-2H3. The Kier molecular flexibility index (Phi) is 4.72. The first kappa shape index (κ1) is 14.9. The Morgan fingerprint density at radius 3 is 2.80 bits per heavy atom. The zero-order chi connectivity index (χ0) is 14.7. The predicted octanol–water partition coefficient (Wildman–Crippen LogP) is 3.89. The van der Waals surface area contributed by atoms with Crippen LogP contribution >= 0.6 is 27.3 Å². The maximum absolute atomic E-state index is 11.2. The van der Waals surface area contributed by atoms with Crippen molar-refractivity contribution >= 4 is 38.6 Å². The van der Waals surface area contributed by atoms with Gasteiger partial charge in [0.25, 0.3) is 5.69 Å². The third-order valence-corrected chi connectivity index (χ3v) is 4.34. The van der Waals surface area contributed by atoms with Crippen LogP contribution in [0.1, 0.15) is 16.3 Å². The van der Waals surface area contributed by atoms with Gasteiger partial charge in [-0.25, -0.2) is 4.98 Å². The first-order valence-electron chi connectivity index (χ1n) is 5.96. The molecule has 2 rings (SSSR count). The van der Waals surface area contributed by atoms with E-state index in [4.69, 9.17) is 0 Å². The highest BCUT2D eigenvalue weighted by Gasteiger charge is 2.18. The van der Waals surface area contributed by atoms with Gasteiger partial charge in [0.15, 0.2) is 0 Å². The molecule has 0 radical (unpaired) electrons. The van der Waals surface area contributed by atoms with E-state index in [1.165, 1.54) is 0 Å². The number of aryl methyl sites for hydroxylation is 1. The maximum Gasteiger partial charge on any atom is 0.292 e. The summed E-state index contributed by atoms with van der Waals surface area (Å²) in [6, 6.07) is 5.28. The zero-order valence-electron chi connectivity index (χ0n) is 11.2. The van der Waals surface area contributed by atoms with Gasteiger partial charge in [-0.05, 0) is 18.6 Å². The molecule has 0 amide bonds. The zero-order valence-corrected chi connectivity index (χ0v) is 13.6. The van der Waals surface area contributed by atoms with Crippen molar-refractivity contribution in [2.45, 2.75) is 18.8 Å². The van der Waals surface area contributed by atoms with Gasteiger partial charge in [0.1, 0.15) is 5.69 Å². The molecule has 0 spiro atoms. The lowest BCUT2D eigenvalue weighted by Crippen LogP contribution is -2.18. The van der Waals surface area contributed by atoms with E-state index < -0.39 is 0 Å². The van der Waals surface area contributed by atoms with E-state index in [2.05, 4.69) is 20.9 Å². The minimum atomic E-state index is -0.343. The number of thiazole rings is 1. The fourth-order valence-corrected chi connectivity index (χ4v) is 2.88. The highest BCUT2D eigenvalue weighted by atomic mass is 79.9. The summed E-state index contributed by atoms with van der Waals surface area (Å²) in [4.78, 5) is 17.1. The number of nitrogens with zero attached hydrogens (tertiary/aromatic N) is 3. The molecule has 0 N–H and O–H groups in total. The molecule has 0 saturated carbocycles. The Labute approximate surface area is 129 Å². The van der Waals surface area contributed by atoms with Crippen molar-refractivity contribution in [3.05, 3.63) is 50.0 Å². The normalized spacial score (nSPS) is 10.6. The van der Waals surface area contributed by atoms with Crippen molar-refractivity contribution in [2.24, 2.45) is 0 Å². The quantitative estimate of drug-likeness (QED) is 0.463. The van der Waals surface area contributed by atoms with Crippen LogP contribution in [0.2, 0.25) is 0 Å². The maximum atomic E-state index is 11.2. The van der Waals surface area contributed by atoms with Gasteiger partial charge in [-0.1, -0.05) is 22.0 Å². The summed E-state index contributed by atoms with van der Waals surface area (Å²) in [7, 11) is 1.84. The topological polar surface area (TPSA) is 59.3 Å². The molecule has 0 bridgehead atoms. The molecule has 0 saturated heterocycles. The second kappa shape index (κ2) is 6.32. The fourth-order valence-electron chi connectivity index (χ4n) is 1.93. The molecule has 2 aromatic rings. The van der Waals surface area contributed by atoms with Crippen molar-refractivity contribution < 1.29 is 4.92 Å². The number of benzene rings is 1. The summed E-state index contributed by atoms with van der Waals surface area (Å²) in [6.45, 7) is 2.50.